The molecular weight excluding hydrogens is 384 g/mol. The first-order valence-corrected chi connectivity index (χ1v) is 10.7. The molecule has 0 saturated carbocycles. The number of morpholine rings is 1. The summed E-state index contributed by atoms with van der Waals surface area (Å²) in [4.78, 5) is 15.6. The lowest BCUT2D eigenvalue weighted by atomic mass is 10.1. The number of hydrogen-bond donors (Lipinski definition) is 2. The number of rotatable bonds is 7. The van der Waals surface area contributed by atoms with Crippen LogP contribution in [-0.2, 0) is 4.74 Å². The highest BCUT2D eigenvalue weighted by Gasteiger charge is 2.27. The SMILES string of the molecule is O=C(NC[C@@H](c1cccs1)[NH+]1CCOCC1)c1cccc(Oc2ccccc2)c1. The van der Waals surface area contributed by atoms with Crippen molar-refractivity contribution in [2.75, 3.05) is 32.8 Å². The number of para-hydroxylation sites is 1. The first-order valence-electron chi connectivity index (χ1n) is 9.86. The van der Waals surface area contributed by atoms with E-state index >= 15 is 0 Å². The smallest absolute Gasteiger partial charge is 0.251 e. The second kappa shape index (κ2) is 9.69. The first-order chi connectivity index (χ1) is 14.3. The molecule has 0 bridgehead atoms. The Balaban J connectivity index is 1.42. The van der Waals surface area contributed by atoms with Crippen molar-refractivity contribution in [3.63, 3.8) is 0 Å². The van der Waals surface area contributed by atoms with Gasteiger partial charge in [0.15, 0.2) is 0 Å². The van der Waals surface area contributed by atoms with Gasteiger partial charge in [0.2, 0.25) is 0 Å². The summed E-state index contributed by atoms with van der Waals surface area (Å²) in [5.74, 6) is 1.31. The van der Waals surface area contributed by atoms with Crippen molar-refractivity contribution < 1.29 is 19.2 Å². The highest BCUT2D eigenvalue weighted by molar-refractivity contribution is 7.10. The lowest BCUT2D eigenvalue weighted by Gasteiger charge is -2.31. The zero-order chi connectivity index (χ0) is 19.9. The maximum Gasteiger partial charge on any atom is 0.251 e. The molecule has 1 atom stereocenters. The van der Waals surface area contributed by atoms with Gasteiger partial charge in [0.05, 0.1) is 24.6 Å². The number of ether oxygens (including phenoxy) is 2. The number of quaternary nitrogens is 1. The quantitative estimate of drug-likeness (QED) is 0.631. The van der Waals surface area contributed by atoms with Gasteiger partial charge in [-0.05, 0) is 41.8 Å². The summed E-state index contributed by atoms with van der Waals surface area (Å²) in [5.41, 5.74) is 0.598. The zero-order valence-corrected chi connectivity index (χ0v) is 17.0. The van der Waals surface area contributed by atoms with Crippen LogP contribution in [0.25, 0.3) is 0 Å². The average Bonchev–Trinajstić information content (AvgIpc) is 3.30. The van der Waals surface area contributed by atoms with Crippen LogP contribution < -0.4 is 15.0 Å². The van der Waals surface area contributed by atoms with E-state index < -0.39 is 0 Å². The molecule has 5 nitrogen and oxygen atoms in total. The predicted molar refractivity (Wildman–Crippen MR) is 114 cm³/mol. The van der Waals surface area contributed by atoms with Gasteiger partial charge in [0.25, 0.3) is 5.91 Å². The lowest BCUT2D eigenvalue weighted by molar-refractivity contribution is -0.937. The Labute approximate surface area is 174 Å². The molecule has 1 saturated heterocycles. The van der Waals surface area contributed by atoms with Gasteiger partial charge in [-0.1, -0.05) is 30.3 Å². The van der Waals surface area contributed by atoms with Gasteiger partial charge in [-0.25, -0.2) is 0 Å². The van der Waals surface area contributed by atoms with Gasteiger partial charge in [0, 0.05) is 5.56 Å². The molecule has 0 radical (unpaired) electrons. The van der Waals surface area contributed by atoms with E-state index in [0.717, 1.165) is 32.1 Å². The van der Waals surface area contributed by atoms with Crippen LogP contribution in [0.3, 0.4) is 0 Å². The molecule has 1 amide bonds. The van der Waals surface area contributed by atoms with Gasteiger partial charge in [-0.3, -0.25) is 4.79 Å². The van der Waals surface area contributed by atoms with Gasteiger partial charge in [0.1, 0.15) is 30.6 Å². The predicted octanol–water partition coefficient (Wildman–Crippen LogP) is 2.93. The van der Waals surface area contributed by atoms with Crippen LogP contribution in [0, 0.1) is 0 Å². The van der Waals surface area contributed by atoms with Gasteiger partial charge < -0.3 is 19.7 Å². The molecule has 2 heterocycles. The summed E-state index contributed by atoms with van der Waals surface area (Å²) in [5, 5.41) is 5.22. The second-order valence-electron chi connectivity index (χ2n) is 6.99. The molecule has 1 fully saturated rings. The van der Waals surface area contributed by atoms with Crippen molar-refractivity contribution in [1.29, 1.82) is 0 Å². The number of carbonyl (C=O) groups excluding carboxylic acids is 1. The maximum atomic E-state index is 12.8. The summed E-state index contributed by atoms with van der Waals surface area (Å²) in [6, 6.07) is 21.3. The fraction of sp³-hybridized carbons (Fsp3) is 0.261. The minimum Gasteiger partial charge on any atom is -0.457 e. The summed E-state index contributed by atoms with van der Waals surface area (Å²) >= 11 is 1.74. The van der Waals surface area contributed by atoms with Crippen LogP contribution in [-0.4, -0.2) is 38.8 Å². The summed E-state index contributed by atoms with van der Waals surface area (Å²) in [6.45, 7) is 4.05. The molecule has 150 valence electrons. The molecule has 2 N–H and O–H groups in total. The maximum absolute atomic E-state index is 12.8. The zero-order valence-electron chi connectivity index (χ0n) is 16.2. The number of thiophene rings is 1. The Morgan fingerprint density at radius 1 is 1.03 bits per heavy atom. The third-order valence-corrected chi connectivity index (χ3v) is 6.04. The Kier molecular flexibility index (Phi) is 6.56. The van der Waals surface area contributed by atoms with Crippen molar-refractivity contribution in [1.82, 2.24) is 5.32 Å². The normalized spacial score (nSPS) is 15.6. The van der Waals surface area contributed by atoms with Gasteiger partial charge in [-0.2, -0.15) is 0 Å². The number of nitrogens with one attached hydrogen (secondary N) is 2. The van der Waals surface area contributed by atoms with Crippen molar-refractivity contribution in [2.24, 2.45) is 0 Å². The number of amides is 1. The van der Waals surface area contributed by atoms with Crippen LogP contribution in [0.5, 0.6) is 11.5 Å². The van der Waals surface area contributed by atoms with Crippen LogP contribution in [0.15, 0.2) is 72.1 Å². The van der Waals surface area contributed by atoms with Crippen molar-refractivity contribution in [3.05, 3.63) is 82.6 Å². The monoisotopic (exact) mass is 409 g/mol. The van der Waals surface area contributed by atoms with Crippen LogP contribution >= 0.6 is 11.3 Å². The molecule has 0 unspecified atom stereocenters. The second-order valence-corrected chi connectivity index (χ2v) is 7.97. The fourth-order valence-corrected chi connectivity index (χ4v) is 4.43. The molecule has 0 aliphatic carbocycles. The Hall–Kier alpha value is -2.67. The summed E-state index contributed by atoms with van der Waals surface area (Å²) < 4.78 is 11.4. The van der Waals surface area contributed by atoms with E-state index in [1.165, 1.54) is 9.78 Å². The summed E-state index contributed by atoms with van der Waals surface area (Å²) in [6.07, 6.45) is 0. The van der Waals surface area contributed by atoms with Crippen LogP contribution in [0.4, 0.5) is 0 Å². The third kappa shape index (κ3) is 5.23. The van der Waals surface area contributed by atoms with Gasteiger partial charge >= 0.3 is 0 Å². The number of carbonyl (C=O) groups is 1. The summed E-state index contributed by atoms with van der Waals surface area (Å²) in [7, 11) is 0. The van der Waals surface area contributed by atoms with E-state index in [2.05, 4.69) is 22.8 Å². The molecule has 3 aromatic rings. The highest BCUT2D eigenvalue weighted by atomic mass is 32.1. The van der Waals surface area contributed by atoms with E-state index in [0.29, 0.717) is 17.9 Å². The standard InChI is InChI=1S/C23H24N2O3S/c26-23(18-6-4-9-20(16-18)28-19-7-2-1-3-8-19)24-17-21(22-10-5-15-29-22)25-11-13-27-14-12-25/h1-10,15-16,21H,11-14,17H2,(H,24,26)/p+1/t21-/m0/s1. The molecular formula is C23H25N2O3S+. The average molecular weight is 410 g/mol. The van der Waals surface area contributed by atoms with E-state index in [4.69, 9.17) is 9.47 Å². The van der Waals surface area contributed by atoms with Crippen LogP contribution in [0.2, 0.25) is 0 Å². The Morgan fingerprint density at radius 2 is 1.83 bits per heavy atom. The number of benzene rings is 2. The largest absolute Gasteiger partial charge is 0.457 e. The third-order valence-electron chi connectivity index (χ3n) is 5.06. The van der Waals surface area contributed by atoms with E-state index in [1.54, 1.807) is 17.4 Å². The minimum atomic E-state index is -0.0854. The molecule has 1 aliphatic heterocycles. The van der Waals surface area contributed by atoms with Crippen molar-refractivity contribution in [2.45, 2.75) is 6.04 Å². The van der Waals surface area contributed by atoms with Crippen LogP contribution in [0.1, 0.15) is 21.3 Å². The van der Waals surface area contributed by atoms with E-state index in [-0.39, 0.29) is 11.9 Å². The first kappa shape index (κ1) is 19.6. The molecule has 29 heavy (non-hydrogen) atoms. The van der Waals surface area contributed by atoms with E-state index in [9.17, 15) is 4.79 Å². The van der Waals surface area contributed by atoms with E-state index in [1.807, 2.05) is 48.5 Å². The fourth-order valence-electron chi connectivity index (χ4n) is 3.54. The number of hydrogen-bond acceptors (Lipinski definition) is 4. The van der Waals surface area contributed by atoms with Crippen molar-refractivity contribution >= 4 is 17.2 Å². The molecule has 4 rings (SSSR count). The minimum absolute atomic E-state index is 0.0854. The molecule has 2 aromatic carbocycles. The molecule has 1 aromatic heterocycles. The highest BCUT2D eigenvalue weighted by Crippen LogP contribution is 2.22. The molecule has 6 heteroatoms. The Bertz CT molecular complexity index is 909. The van der Waals surface area contributed by atoms with Gasteiger partial charge in [-0.15, -0.1) is 11.3 Å². The van der Waals surface area contributed by atoms with Crippen molar-refractivity contribution in [3.8, 4) is 11.5 Å². The topological polar surface area (TPSA) is 52.0 Å². The Morgan fingerprint density at radius 3 is 2.59 bits per heavy atom. The molecule has 0 spiro atoms. The molecule has 1 aliphatic rings. The lowest BCUT2D eigenvalue weighted by Crippen LogP contribution is -3.15.